The van der Waals surface area contributed by atoms with E-state index in [0.717, 1.165) is 29.5 Å². The molecule has 0 heterocycles. The number of likely N-dealkylation sites (N-methyl/N-ethyl adjacent to an activating group) is 1. The number of rotatable bonds is 3. The Labute approximate surface area is 166 Å². The number of hydrogen-bond acceptors (Lipinski definition) is 2. The molecule has 2 nitrogen and oxygen atoms in total. The number of halogens is 2. The van der Waals surface area contributed by atoms with E-state index in [0.29, 0.717) is 10.0 Å². The number of aliphatic hydroxyl groups is 1. The summed E-state index contributed by atoms with van der Waals surface area (Å²) in [4.78, 5) is 2.10. The fourth-order valence-corrected chi connectivity index (χ4v) is 4.61. The molecular weight excluding hydrogens is 365 g/mol. The first-order valence-electron chi connectivity index (χ1n) is 8.95. The van der Waals surface area contributed by atoms with Gasteiger partial charge in [-0.25, -0.2) is 0 Å². The van der Waals surface area contributed by atoms with E-state index >= 15 is 0 Å². The lowest BCUT2D eigenvalue weighted by Crippen LogP contribution is -2.53. The number of benzene rings is 2. The molecule has 3 atom stereocenters. The minimum atomic E-state index is -1.15. The molecule has 0 aliphatic heterocycles. The van der Waals surface area contributed by atoms with Crippen molar-refractivity contribution >= 4 is 29.3 Å². The average molecular weight is 390 g/mol. The van der Waals surface area contributed by atoms with Crippen LogP contribution >= 0.6 is 23.2 Å². The highest BCUT2D eigenvalue weighted by Gasteiger charge is 2.47. The fourth-order valence-electron chi connectivity index (χ4n) is 4.09. The minimum Gasteiger partial charge on any atom is -0.379 e. The summed E-state index contributed by atoms with van der Waals surface area (Å²) >= 11 is 12.5. The summed E-state index contributed by atoms with van der Waals surface area (Å²) in [5, 5.41) is 13.2. The molecule has 2 aromatic rings. The van der Waals surface area contributed by atoms with Gasteiger partial charge in [0, 0.05) is 16.1 Å². The van der Waals surface area contributed by atoms with Crippen LogP contribution in [-0.2, 0) is 5.60 Å². The summed E-state index contributed by atoms with van der Waals surface area (Å²) in [5.41, 5.74) is 1.70. The predicted molar refractivity (Wildman–Crippen MR) is 111 cm³/mol. The largest absolute Gasteiger partial charge is 0.379 e. The van der Waals surface area contributed by atoms with Crippen molar-refractivity contribution < 1.29 is 5.11 Å². The van der Waals surface area contributed by atoms with Crippen molar-refractivity contribution in [2.45, 2.75) is 31.4 Å². The molecule has 0 radical (unpaired) electrons. The van der Waals surface area contributed by atoms with E-state index in [4.69, 9.17) is 23.2 Å². The van der Waals surface area contributed by atoms with E-state index in [-0.39, 0.29) is 12.0 Å². The molecule has 0 spiro atoms. The van der Waals surface area contributed by atoms with Crippen LogP contribution in [-0.4, -0.2) is 30.1 Å². The summed E-state index contributed by atoms with van der Waals surface area (Å²) in [6.45, 7) is 2.18. The zero-order chi connectivity index (χ0) is 18.9. The zero-order valence-electron chi connectivity index (χ0n) is 15.4. The van der Waals surface area contributed by atoms with E-state index in [2.05, 4.69) is 30.0 Å². The Hall–Kier alpha value is -1.32. The van der Waals surface area contributed by atoms with Gasteiger partial charge < -0.3 is 10.0 Å². The van der Waals surface area contributed by atoms with Crippen LogP contribution < -0.4 is 0 Å². The van der Waals surface area contributed by atoms with Crippen LogP contribution in [0, 0.1) is 5.92 Å². The summed E-state index contributed by atoms with van der Waals surface area (Å²) in [6.07, 6.45) is 4.05. The van der Waals surface area contributed by atoms with Crippen LogP contribution in [0.1, 0.15) is 30.9 Å². The number of nitrogens with zero attached hydrogens (tertiary/aromatic N) is 1. The van der Waals surface area contributed by atoms with Crippen molar-refractivity contribution in [1.29, 1.82) is 0 Å². The molecule has 1 aliphatic carbocycles. The first-order valence-corrected chi connectivity index (χ1v) is 9.70. The van der Waals surface area contributed by atoms with E-state index in [1.165, 1.54) is 0 Å². The molecule has 1 N–H and O–H groups in total. The SMILES string of the molecule is CC1CCC(N(C)C)C(O)(c2cc(Cl)cc(Cl)c2)C1=Cc1ccccc1. The van der Waals surface area contributed by atoms with Crippen LogP contribution in [0.2, 0.25) is 10.0 Å². The Morgan fingerprint density at radius 2 is 1.65 bits per heavy atom. The molecule has 138 valence electrons. The lowest BCUT2D eigenvalue weighted by Gasteiger charge is -2.48. The molecule has 0 aromatic heterocycles. The second-order valence-corrected chi connectivity index (χ2v) is 8.27. The summed E-state index contributed by atoms with van der Waals surface area (Å²) in [7, 11) is 4.02. The van der Waals surface area contributed by atoms with Gasteiger partial charge in [0.2, 0.25) is 0 Å². The van der Waals surface area contributed by atoms with Gasteiger partial charge in [0.05, 0.1) is 0 Å². The van der Waals surface area contributed by atoms with Gasteiger partial charge >= 0.3 is 0 Å². The van der Waals surface area contributed by atoms with Gasteiger partial charge in [0.25, 0.3) is 0 Å². The lowest BCUT2D eigenvalue weighted by molar-refractivity contribution is -0.0336. The van der Waals surface area contributed by atoms with Gasteiger partial charge in [-0.3, -0.25) is 0 Å². The topological polar surface area (TPSA) is 23.5 Å². The highest BCUT2D eigenvalue weighted by atomic mass is 35.5. The normalized spacial score (nSPS) is 27.9. The fraction of sp³-hybridized carbons (Fsp3) is 0.364. The van der Waals surface area contributed by atoms with Gasteiger partial charge in [-0.15, -0.1) is 0 Å². The predicted octanol–water partition coefficient (Wildman–Crippen LogP) is 5.62. The van der Waals surface area contributed by atoms with Crippen molar-refractivity contribution in [2.75, 3.05) is 14.1 Å². The van der Waals surface area contributed by atoms with E-state index in [1.807, 2.05) is 44.4 Å². The monoisotopic (exact) mass is 389 g/mol. The maximum absolute atomic E-state index is 12.1. The first kappa shape index (κ1) is 19.4. The maximum Gasteiger partial charge on any atom is 0.127 e. The summed E-state index contributed by atoms with van der Waals surface area (Å²) in [6, 6.07) is 15.5. The Bertz CT molecular complexity index is 783. The first-order chi connectivity index (χ1) is 12.3. The molecule has 0 saturated heterocycles. The van der Waals surface area contributed by atoms with Gasteiger partial charge in [-0.1, -0.05) is 66.5 Å². The lowest BCUT2D eigenvalue weighted by atomic mass is 9.67. The van der Waals surface area contributed by atoms with Gasteiger partial charge in [0.15, 0.2) is 0 Å². The molecule has 4 heteroatoms. The third-order valence-electron chi connectivity index (χ3n) is 5.37. The van der Waals surface area contributed by atoms with Crippen molar-refractivity contribution in [3.05, 3.63) is 75.3 Å². The van der Waals surface area contributed by atoms with Gasteiger partial charge in [0.1, 0.15) is 5.60 Å². The molecule has 1 aliphatic rings. The molecule has 1 fully saturated rings. The van der Waals surface area contributed by atoms with E-state index in [1.54, 1.807) is 6.07 Å². The summed E-state index contributed by atoms with van der Waals surface area (Å²) < 4.78 is 0. The highest BCUT2D eigenvalue weighted by molar-refractivity contribution is 6.34. The molecule has 0 amide bonds. The van der Waals surface area contributed by atoms with Crippen molar-refractivity contribution in [1.82, 2.24) is 4.90 Å². The second kappa shape index (κ2) is 7.74. The molecule has 3 unspecified atom stereocenters. The molecule has 26 heavy (non-hydrogen) atoms. The molecule has 1 saturated carbocycles. The Morgan fingerprint density at radius 3 is 2.23 bits per heavy atom. The third kappa shape index (κ3) is 3.70. The minimum absolute atomic E-state index is 0.0526. The highest BCUT2D eigenvalue weighted by Crippen LogP contribution is 2.47. The van der Waals surface area contributed by atoms with Crippen molar-refractivity contribution in [2.24, 2.45) is 5.92 Å². The van der Waals surface area contributed by atoms with E-state index in [9.17, 15) is 5.11 Å². The summed E-state index contributed by atoms with van der Waals surface area (Å²) in [5.74, 6) is 0.258. The average Bonchev–Trinajstić information content (AvgIpc) is 2.58. The van der Waals surface area contributed by atoms with Crippen LogP contribution in [0.15, 0.2) is 54.1 Å². The van der Waals surface area contributed by atoms with Gasteiger partial charge in [-0.05, 0) is 67.8 Å². The molecule has 2 aromatic carbocycles. The third-order valence-corrected chi connectivity index (χ3v) is 5.81. The quantitative estimate of drug-likeness (QED) is 0.735. The standard InChI is InChI=1S/C22H25Cl2NO/c1-15-9-10-21(25(2)3)22(26,17-12-18(23)14-19(24)13-17)20(15)11-16-7-5-4-6-8-16/h4-8,11-15,21,26H,9-10H2,1-3H3. The zero-order valence-corrected chi connectivity index (χ0v) is 16.9. The smallest absolute Gasteiger partial charge is 0.127 e. The number of hydrogen-bond donors (Lipinski definition) is 1. The van der Waals surface area contributed by atoms with Crippen molar-refractivity contribution in [3.63, 3.8) is 0 Å². The molecule has 3 rings (SSSR count). The second-order valence-electron chi connectivity index (χ2n) is 7.39. The van der Waals surface area contributed by atoms with Crippen LogP contribution in [0.4, 0.5) is 0 Å². The van der Waals surface area contributed by atoms with E-state index < -0.39 is 5.60 Å². The Kier molecular flexibility index (Phi) is 5.78. The molecular formula is C22H25Cl2NO. The Morgan fingerprint density at radius 1 is 1.04 bits per heavy atom. The Balaban J connectivity index is 2.22. The van der Waals surface area contributed by atoms with Gasteiger partial charge in [-0.2, -0.15) is 0 Å². The maximum atomic E-state index is 12.1. The van der Waals surface area contributed by atoms with Crippen LogP contribution in [0.5, 0.6) is 0 Å². The van der Waals surface area contributed by atoms with Crippen LogP contribution in [0.3, 0.4) is 0 Å². The van der Waals surface area contributed by atoms with Crippen molar-refractivity contribution in [3.8, 4) is 0 Å². The van der Waals surface area contributed by atoms with Crippen LogP contribution in [0.25, 0.3) is 6.08 Å². The molecule has 0 bridgehead atoms.